The molecule has 0 fully saturated rings. The van der Waals surface area contributed by atoms with E-state index in [0.29, 0.717) is 28.4 Å². The number of benzene rings is 1. The van der Waals surface area contributed by atoms with E-state index in [0.717, 1.165) is 34.9 Å². The maximum absolute atomic E-state index is 13.2. The Morgan fingerprint density at radius 1 is 1.18 bits per heavy atom. The van der Waals surface area contributed by atoms with Crippen LogP contribution in [0.1, 0.15) is 41.5 Å². The number of Topliss-reactive ketones (excluding diaryl/α,β-unsaturated/α-hetero) is 1. The molecular formula is C24H24N6O2S2. The first-order valence-electron chi connectivity index (χ1n) is 11.1. The molecule has 1 aromatic carbocycles. The van der Waals surface area contributed by atoms with Crippen LogP contribution in [0.5, 0.6) is 0 Å². The molecule has 0 bridgehead atoms. The van der Waals surface area contributed by atoms with E-state index in [-0.39, 0.29) is 17.1 Å². The van der Waals surface area contributed by atoms with E-state index in [9.17, 15) is 9.59 Å². The smallest absolute Gasteiger partial charge is 0.262 e. The molecule has 4 heterocycles. The Morgan fingerprint density at radius 3 is 2.76 bits per heavy atom. The third kappa shape index (κ3) is 3.76. The summed E-state index contributed by atoms with van der Waals surface area (Å²) in [6.45, 7) is 6.59. The van der Waals surface area contributed by atoms with Gasteiger partial charge in [-0.3, -0.25) is 23.1 Å². The molecule has 0 saturated carbocycles. The molecule has 0 aliphatic heterocycles. The highest BCUT2D eigenvalue weighted by atomic mass is 32.2. The second-order valence-corrected chi connectivity index (χ2v) is 9.91. The molecule has 0 N–H and O–H groups in total. The van der Waals surface area contributed by atoms with E-state index < -0.39 is 0 Å². The Kier molecular flexibility index (Phi) is 6.09. The lowest BCUT2D eigenvalue weighted by molar-refractivity contribution is 0.102. The maximum atomic E-state index is 13.2. The predicted octanol–water partition coefficient (Wildman–Crippen LogP) is 4.68. The van der Waals surface area contributed by atoms with Crippen LogP contribution in [-0.4, -0.2) is 40.3 Å². The van der Waals surface area contributed by atoms with Crippen molar-refractivity contribution < 1.29 is 4.79 Å². The Hall–Kier alpha value is -3.24. The maximum Gasteiger partial charge on any atom is 0.262 e. The highest BCUT2D eigenvalue weighted by Crippen LogP contribution is 2.26. The van der Waals surface area contributed by atoms with E-state index >= 15 is 0 Å². The van der Waals surface area contributed by atoms with Crippen molar-refractivity contribution in [3.63, 3.8) is 0 Å². The largest absolute Gasteiger partial charge is 0.294 e. The number of rotatable bonds is 8. The number of thioether (sulfide) groups is 1. The molecule has 0 unspecified atom stereocenters. The van der Waals surface area contributed by atoms with Crippen LogP contribution in [0.3, 0.4) is 0 Å². The average Bonchev–Trinajstić information content (AvgIpc) is 3.57. The molecule has 174 valence electrons. The minimum absolute atomic E-state index is 0.0151. The van der Waals surface area contributed by atoms with Crippen LogP contribution in [0, 0.1) is 13.8 Å². The van der Waals surface area contributed by atoms with Crippen LogP contribution in [0.25, 0.3) is 21.8 Å². The number of carbonyl (C=O) groups is 1. The summed E-state index contributed by atoms with van der Waals surface area (Å²) >= 11 is 2.87. The molecular weight excluding hydrogens is 468 g/mol. The minimum Gasteiger partial charge on any atom is -0.294 e. The molecule has 0 radical (unpaired) electrons. The monoisotopic (exact) mass is 492 g/mol. The summed E-state index contributed by atoms with van der Waals surface area (Å²) in [7, 11) is 0. The molecule has 4 aromatic heterocycles. The van der Waals surface area contributed by atoms with Gasteiger partial charge in [0.1, 0.15) is 0 Å². The fourth-order valence-electron chi connectivity index (χ4n) is 4.22. The number of aromatic nitrogens is 6. The zero-order valence-corrected chi connectivity index (χ0v) is 20.8. The number of hydrogen-bond donors (Lipinski definition) is 0. The topological polar surface area (TPSA) is 87.1 Å². The Balaban J connectivity index is 1.50. The first-order chi connectivity index (χ1) is 16.5. The number of aryl methyl sites for hydroxylation is 2. The first-order valence-corrected chi connectivity index (χ1v) is 13.0. The summed E-state index contributed by atoms with van der Waals surface area (Å²) in [4.78, 5) is 30.7. The molecule has 10 heteroatoms. The highest BCUT2D eigenvalue weighted by Gasteiger charge is 2.21. The van der Waals surface area contributed by atoms with Gasteiger partial charge in [-0.15, -0.1) is 21.5 Å². The van der Waals surface area contributed by atoms with Crippen LogP contribution >= 0.6 is 23.1 Å². The summed E-state index contributed by atoms with van der Waals surface area (Å²) in [5.41, 5.74) is 3.21. The zero-order chi connectivity index (χ0) is 23.8. The van der Waals surface area contributed by atoms with Gasteiger partial charge in [-0.25, -0.2) is 4.98 Å². The molecule has 0 amide bonds. The lowest BCUT2D eigenvalue weighted by Crippen LogP contribution is -2.23. The van der Waals surface area contributed by atoms with Gasteiger partial charge >= 0.3 is 0 Å². The van der Waals surface area contributed by atoms with Crippen LogP contribution in [0.2, 0.25) is 0 Å². The van der Waals surface area contributed by atoms with Crippen molar-refractivity contribution in [3.8, 4) is 5.13 Å². The number of unbranched alkanes of at least 4 members (excludes halogenated alkanes) is 1. The Labute approximate surface area is 204 Å². The minimum atomic E-state index is -0.0637. The van der Waals surface area contributed by atoms with Gasteiger partial charge < -0.3 is 0 Å². The lowest BCUT2D eigenvalue weighted by atomic mass is 10.2. The van der Waals surface area contributed by atoms with Gasteiger partial charge in [0, 0.05) is 35.1 Å². The molecule has 8 nitrogen and oxygen atoms in total. The number of nitrogens with zero attached hydrogens (tertiary/aromatic N) is 6. The Bertz CT molecular complexity index is 1560. The van der Waals surface area contributed by atoms with Crippen molar-refractivity contribution in [2.75, 3.05) is 5.75 Å². The average molecular weight is 493 g/mol. The molecule has 0 atom stereocenters. The zero-order valence-electron chi connectivity index (χ0n) is 19.2. The van der Waals surface area contributed by atoms with Gasteiger partial charge in [0.25, 0.3) is 5.56 Å². The van der Waals surface area contributed by atoms with Crippen LogP contribution in [-0.2, 0) is 6.54 Å². The number of para-hydroxylation sites is 1. The molecule has 5 aromatic rings. The van der Waals surface area contributed by atoms with Gasteiger partial charge in [-0.1, -0.05) is 37.2 Å². The summed E-state index contributed by atoms with van der Waals surface area (Å²) in [6.07, 6.45) is 3.60. The van der Waals surface area contributed by atoms with Gasteiger partial charge in [0.2, 0.25) is 5.78 Å². The van der Waals surface area contributed by atoms with Crippen molar-refractivity contribution in [2.24, 2.45) is 0 Å². The summed E-state index contributed by atoms with van der Waals surface area (Å²) in [5.74, 6) is 0.737. The third-order valence-electron chi connectivity index (χ3n) is 5.89. The van der Waals surface area contributed by atoms with Crippen LogP contribution < -0.4 is 5.56 Å². The highest BCUT2D eigenvalue weighted by molar-refractivity contribution is 7.99. The van der Waals surface area contributed by atoms with Gasteiger partial charge in [0.15, 0.2) is 16.1 Å². The standard InChI is InChI=1S/C24H24N6O2S2/c1-4-5-11-28-21(32)17-8-6-7-9-19(17)30-22(28)26-27-24(30)34-14-20(31)18-13-15(2)29(16(18)3)23-25-10-12-33-23/h6-10,12-13H,4-5,11,14H2,1-3H3. The molecule has 0 saturated heterocycles. The lowest BCUT2D eigenvalue weighted by Gasteiger charge is -2.10. The second kappa shape index (κ2) is 9.19. The van der Waals surface area contributed by atoms with Crippen LogP contribution in [0.15, 0.2) is 51.9 Å². The number of thiazole rings is 1. The van der Waals surface area contributed by atoms with Crippen molar-refractivity contribution in [1.82, 2.24) is 28.7 Å². The third-order valence-corrected chi connectivity index (χ3v) is 7.57. The predicted molar refractivity (Wildman–Crippen MR) is 136 cm³/mol. The Morgan fingerprint density at radius 2 is 2.00 bits per heavy atom. The van der Waals surface area contributed by atoms with E-state index in [4.69, 9.17) is 0 Å². The van der Waals surface area contributed by atoms with Crippen molar-refractivity contribution in [3.05, 3.63) is 69.2 Å². The summed E-state index contributed by atoms with van der Waals surface area (Å²) < 4.78 is 5.59. The van der Waals surface area contributed by atoms with Gasteiger partial charge in [-0.05, 0) is 38.5 Å². The van der Waals surface area contributed by atoms with E-state index in [2.05, 4.69) is 22.1 Å². The first kappa shape index (κ1) is 22.5. The summed E-state index contributed by atoms with van der Waals surface area (Å²) in [5, 5.41) is 12.7. The van der Waals surface area contributed by atoms with Crippen molar-refractivity contribution in [1.29, 1.82) is 0 Å². The number of fused-ring (bicyclic) bond motifs is 3. The molecule has 5 rings (SSSR count). The quantitative estimate of drug-likeness (QED) is 0.231. The van der Waals surface area contributed by atoms with Crippen LogP contribution in [0.4, 0.5) is 0 Å². The normalized spacial score (nSPS) is 11.6. The second-order valence-electron chi connectivity index (χ2n) is 8.09. The van der Waals surface area contributed by atoms with Crippen molar-refractivity contribution >= 4 is 45.6 Å². The molecule has 0 spiro atoms. The summed E-state index contributed by atoms with van der Waals surface area (Å²) in [6, 6.07) is 9.39. The van der Waals surface area contributed by atoms with Gasteiger partial charge in [-0.2, -0.15) is 0 Å². The fraction of sp³-hybridized carbons (Fsp3) is 0.292. The van der Waals surface area contributed by atoms with E-state index in [1.807, 2.05) is 58.5 Å². The van der Waals surface area contributed by atoms with Crippen molar-refractivity contribution in [2.45, 2.75) is 45.3 Å². The number of hydrogen-bond acceptors (Lipinski definition) is 7. The van der Waals surface area contributed by atoms with Gasteiger partial charge in [0.05, 0.1) is 16.7 Å². The van der Waals surface area contributed by atoms with E-state index in [1.165, 1.54) is 23.1 Å². The molecule has 34 heavy (non-hydrogen) atoms. The molecule has 0 aliphatic carbocycles. The number of ketones is 1. The van der Waals surface area contributed by atoms with E-state index in [1.54, 1.807) is 10.8 Å². The fourth-order valence-corrected chi connectivity index (χ4v) is 5.79. The SMILES string of the molecule is CCCCn1c(=O)c2ccccc2n2c(SCC(=O)c3cc(C)n(-c4nccs4)c3C)nnc12. The molecule has 0 aliphatic rings. The number of carbonyl (C=O) groups excluding carboxylic acids is 1.